The zero-order valence-corrected chi connectivity index (χ0v) is 16.3. The number of rotatable bonds is 7. The fourth-order valence-electron chi connectivity index (χ4n) is 2.85. The number of hydrogen-bond acceptors (Lipinski definition) is 2. The van der Waals surface area contributed by atoms with Gasteiger partial charge in [-0.3, -0.25) is 9.89 Å². The summed E-state index contributed by atoms with van der Waals surface area (Å²) in [7, 11) is 0. The van der Waals surface area contributed by atoms with E-state index in [4.69, 9.17) is 4.99 Å². The van der Waals surface area contributed by atoms with Gasteiger partial charge in [0.2, 0.25) is 0 Å². The molecule has 0 radical (unpaired) electrons. The third kappa shape index (κ3) is 6.51. The summed E-state index contributed by atoms with van der Waals surface area (Å²) in [6.45, 7) is 10.5. The van der Waals surface area contributed by atoms with E-state index < -0.39 is 0 Å². The molecule has 0 aromatic heterocycles. The van der Waals surface area contributed by atoms with Crippen LogP contribution in [0.4, 0.5) is 0 Å². The third-order valence-electron chi connectivity index (χ3n) is 3.95. The second-order valence-corrected chi connectivity index (χ2v) is 5.56. The van der Waals surface area contributed by atoms with E-state index in [0.29, 0.717) is 6.04 Å². The second-order valence-electron chi connectivity index (χ2n) is 5.56. The Labute approximate surface area is 157 Å². The molecule has 2 N–H and O–H groups in total. The summed E-state index contributed by atoms with van der Waals surface area (Å²) in [5, 5.41) is 6.56. The van der Waals surface area contributed by atoms with Crippen molar-refractivity contribution in [2.24, 2.45) is 4.99 Å². The minimum Gasteiger partial charge on any atom is -0.357 e. The summed E-state index contributed by atoms with van der Waals surface area (Å²) < 4.78 is 0. The molecule has 1 aromatic carbocycles. The molecule has 1 unspecified atom stereocenters. The summed E-state index contributed by atoms with van der Waals surface area (Å²) in [5.74, 6) is 0.863. The third-order valence-corrected chi connectivity index (χ3v) is 3.95. The second kappa shape index (κ2) is 11.5. The van der Waals surface area contributed by atoms with Gasteiger partial charge in [-0.1, -0.05) is 36.4 Å². The predicted molar refractivity (Wildman–Crippen MR) is 110 cm³/mol. The maximum absolute atomic E-state index is 4.78. The van der Waals surface area contributed by atoms with Crippen LogP contribution in [0.5, 0.6) is 0 Å². The van der Waals surface area contributed by atoms with Gasteiger partial charge in [0.15, 0.2) is 5.96 Å². The number of benzene rings is 1. The lowest BCUT2D eigenvalue weighted by Gasteiger charge is -2.27. The Morgan fingerprint density at radius 2 is 1.96 bits per heavy atom. The van der Waals surface area contributed by atoms with Crippen molar-refractivity contribution in [2.45, 2.75) is 25.8 Å². The molecule has 0 saturated carbocycles. The molecule has 1 fully saturated rings. The average molecular weight is 428 g/mol. The Bertz CT molecular complexity index is 469. The van der Waals surface area contributed by atoms with Gasteiger partial charge in [0.25, 0.3) is 0 Å². The topological polar surface area (TPSA) is 39.7 Å². The van der Waals surface area contributed by atoms with Crippen LogP contribution in [0.2, 0.25) is 0 Å². The molecular formula is C18H29IN4. The van der Waals surface area contributed by atoms with Crippen molar-refractivity contribution in [1.29, 1.82) is 0 Å². The van der Waals surface area contributed by atoms with E-state index in [1.54, 1.807) is 0 Å². The summed E-state index contributed by atoms with van der Waals surface area (Å²) >= 11 is 0. The average Bonchev–Trinajstić information content (AvgIpc) is 3.08. The lowest BCUT2D eigenvalue weighted by molar-refractivity contribution is 0.251. The Morgan fingerprint density at radius 1 is 1.26 bits per heavy atom. The van der Waals surface area contributed by atoms with Crippen LogP contribution in [0.3, 0.4) is 0 Å². The highest BCUT2D eigenvalue weighted by molar-refractivity contribution is 14.0. The van der Waals surface area contributed by atoms with Crippen LogP contribution in [-0.4, -0.2) is 43.6 Å². The van der Waals surface area contributed by atoms with Crippen LogP contribution >= 0.6 is 24.0 Å². The van der Waals surface area contributed by atoms with Crippen molar-refractivity contribution in [2.75, 3.05) is 32.7 Å². The minimum atomic E-state index is 0. The van der Waals surface area contributed by atoms with E-state index >= 15 is 0 Å². The molecule has 1 aliphatic rings. The van der Waals surface area contributed by atoms with Crippen molar-refractivity contribution in [3.63, 3.8) is 0 Å². The van der Waals surface area contributed by atoms with Crippen molar-refractivity contribution in [3.05, 3.63) is 48.6 Å². The van der Waals surface area contributed by atoms with Crippen LogP contribution in [0.15, 0.2) is 48.0 Å². The molecule has 0 amide bonds. The normalized spacial score (nSPS) is 16.5. The van der Waals surface area contributed by atoms with E-state index in [2.05, 4.69) is 59.4 Å². The number of nitrogens with zero attached hydrogens (tertiary/aromatic N) is 2. The van der Waals surface area contributed by atoms with Gasteiger partial charge in [0.1, 0.15) is 0 Å². The number of nitrogens with one attached hydrogen (secondary N) is 2. The first-order chi connectivity index (χ1) is 10.8. The van der Waals surface area contributed by atoms with Crippen molar-refractivity contribution < 1.29 is 0 Å². The predicted octanol–water partition coefficient (Wildman–Crippen LogP) is 3.18. The Morgan fingerprint density at radius 3 is 2.57 bits per heavy atom. The fourth-order valence-corrected chi connectivity index (χ4v) is 2.85. The maximum atomic E-state index is 4.78. The molecule has 1 saturated heterocycles. The van der Waals surface area contributed by atoms with Gasteiger partial charge >= 0.3 is 0 Å². The molecule has 0 spiro atoms. The molecule has 0 aliphatic carbocycles. The van der Waals surface area contributed by atoms with Crippen LogP contribution in [0, 0.1) is 0 Å². The molecule has 1 aromatic rings. The summed E-state index contributed by atoms with van der Waals surface area (Å²) in [6.07, 6.45) is 4.44. The lowest BCUT2D eigenvalue weighted by atomic mass is 10.1. The zero-order valence-electron chi connectivity index (χ0n) is 14.0. The SMILES string of the molecule is C=CCNC(=NCC(c1ccccc1)N1CCCC1)NCC.I. The molecule has 23 heavy (non-hydrogen) atoms. The summed E-state index contributed by atoms with van der Waals surface area (Å²) in [6, 6.07) is 11.1. The molecule has 4 nitrogen and oxygen atoms in total. The van der Waals surface area contributed by atoms with E-state index in [1.807, 2.05) is 6.08 Å². The number of guanidine groups is 1. The molecule has 1 heterocycles. The van der Waals surface area contributed by atoms with Crippen LogP contribution in [0.1, 0.15) is 31.4 Å². The smallest absolute Gasteiger partial charge is 0.191 e. The maximum Gasteiger partial charge on any atom is 0.191 e. The van der Waals surface area contributed by atoms with Crippen molar-refractivity contribution in [3.8, 4) is 0 Å². The van der Waals surface area contributed by atoms with Gasteiger partial charge < -0.3 is 10.6 Å². The van der Waals surface area contributed by atoms with Crippen LogP contribution in [0.25, 0.3) is 0 Å². The monoisotopic (exact) mass is 428 g/mol. The number of likely N-dealkylation sites (tertiary alicyclic amines) is 1. The van der Waals surface area contributed by atoms with Crippen molar-refractivity contribution in [1.82, 2.24) is 15.5 Å². The van der Waals surface area contributed by atoms with Gasteiger partial charge in [-0.2, -0.15) is 0 Å². The molecular weight excluding hydrogens is 399 g/mol. The molecule has 128 valence electrons. The van der Waals surface area contributed by atoms with Gasteiger partial charge in [0.05, 0.1) is 12.6 Å². The lowest BCUT2D eigenvalue weighted by Crippen LogP contribution is -2.38. The number of halogens is 1. The van der Waals surface area contributed by atoms with E-state index in [-0.39, 0.29) is 24.0 Å². The summed E-state index contributed by atoms with van der Waals surface area (Å²) in [4.78, 5) is 7.33. The fraction of sp³-hybridized carbons (Fsp3) is 0.500. The molecule has 0 bridgehead atoms. The molecule has 1 atom stereocenters. The highest BCUT2D eigenvalue weighted by Gasteiger charge is 2.23. The van der Waals surface area contributed by atoms with Crippen LogP contribution < -0.4 is 10.6 Å². The van der Waals surface area contributed by atoms with Gasteiger partial charge in [0, 0.05) is 13.1 Å². The highest BCUT2D eigenvalue weighted by Crippen LogP contribution is 2.25. The first kappa shape index (κ1) is 20.0. The van der Waals surface area contributed by atoms with Crippen molar-refractivity contribution >= 4 is 29.9 Å². The van der Waals surface area contributed by atoms with E-state index in [9.17, 15) is 0 Å². The Hall–Kier alpha value is -1.08. The minimum absolute atomic E-state index is 0. The number of aliphatic imine (C=N–C) groups is 1. The summed E-state index contributed by atoms with van der Waals surface area (Å²) in [5.41, 5.74) is 1.35. The Kier molecular flexibility index (Phi) is 9.94. The first-order valence-corrected chi connectivity index (χ1v) is 8.27. The molecule has 5 heteroatoms. The van der Waals surface area contributed by atoms with E-state index in [0.717, 1.165) is 25.6 Å². The Balaban J connectivity index is 0.00000264. The van der Waals surface area contributed by atoms with E-state index in [1.165, 1.54) is 31.5 Å². The largest absolute Gasteiger partial charge is 0.357 e. The molecule has 1 aliphatic heterocycles. The van der Waals surface area contributed by atoms with Gasteiger partial charge in [-0.25, -0.2) is 0 Å². The molecule has 2 rings (SSSR count). The van der Waals surface area contributed by atoms with Gasteiger partial charge in [-0.15, -0.1) is 30.6 Å². The quantitative estimate of drug-likeness (QED) is 0.303. The van der Waals surface area contributed by atoms with Gasteiger partial charge in [-0.05, 0) is 38.4 Å². The first-order valence-electron chi connectivity index (χ1n) is 8.27. The van der Waals surface area contributed by atoms with Crippen LogP contribution in [-0.2, 0) is 0 Å². The number of hydrogen-bond donors (Lipinski definition) is 2. The zero-order chi connectivity index (χ0) is 15.6. The highest BCUT2D eigenvalue weighted by atomic mass is 127. The standard InChI is InChI=1S/C18H28N4.HI/c1-3-12-20-18(19-4-2)21-15-17(22-13-8-9-14-22)16-10-6-5-7-11-16;/h3,5-7,10-11,17H,1,4,8-9,12-15H2,2H3,(H2,19,20,21);1H.